The molecule has 0 N–H and O–H groups in total. The Hall–Kier alpha value is -1.79. The van der Waals surface area contributed by atoms with Crippen LogP contribution < -0.4 is 9.47 Å². The van der Waals surface area contributed by atoms with Gasteiger partial charge in [-0.1, -0.05) is 20.3 Å². The third kappa shape index (κ3) is 8.52. The predicted octanol–water partition coefficient (Wildman–Crippen LogP) is 4.74. The summed E-state index contributed by atoms with van der Waals surface area (Å²) in [6.45, 7) is 8.00. The Morgan fingerprint density at radius 2 is 1.87 bits per heavy atom. The highest BCUT2D eigenvalue weighted by atomic mass is 16.6. The van der Waals surface area contributed by atoms with Crippen LogP contribution in [0, 0.1) is 5.92 Å². The summed E-state index contributed by atoms with van der Waals surface area (Å²) < 4.78 is 27.1. The quantitative estimate of drug-likeness (QED) is 0.300. The number of hydrogen-bond donors (Lipinski definition) is 0. The van der Waals surface area contributed by atoms with Gasteiger partial charge in [0.05, 0.1) is 20.3 Å². The minimum atomic E-state index is -0.350. The largest absolute Gasteiger partial charge is 0.494 e. The first-order valence-electron chi connectivity index (χ1n) is 11.3. The monoisotopic (exact) mass is 422 g/mol. The Morgan fingerprint density at radius 3 is 2.67 bits per heavy atom. The zero-order valence-electron chi connectivity index (χ0n) is 18.8. The number of ether oxygens (including phenoxy) is 5. The lowest BCUT2D eigenvalue weighted by atomic mass is 9.82. The van der Waals surface area contributed by atoms with Crippen molar-refractivity contribution in [1.29, 1.82) is 0 Å². The number of fused-ring (bicyclic) bond motifs is 1. The van der Waals surface area contributed by atoms with Gasteiger partial charge in [0, 0.05) is 25.4 Å². The summed E-state index contributed by atoms with van der Waals surface area (Å²) in [4.78, 5) is 10.9. The molecule has 0 aromatic heterocycles. The van der Waals surface area contributed by atoms with E-state index >= 15 is 0 Å². The number of unbranched alkanes of at least 4 members (excludes halogenated alkanes) is 2. The summed E-state index contributed by atoms with van der Waals surface area (Å²) >= 11 is 0. The lowest BCUT2D eigenvalue weighted by molar-refractivity contribution is -0.146. The van der Waals surface area contributed by atoms with Gasteiger partial charge in [-0.2, -0.15) is 0 Å². The number of benzene rings is 1. The van der Waals surface area contributed by atoms with Gasteiger partial charge in [-0.25, -0.2) is 4.79 Å². The van der Waals surface area contributed by atoms with Crippen LogP contribution in [0.4, 0.5) is 0 Å². The molecular formula is C24H38O6. The van der Waals surface area contributed by atoms with Crippen LogP contribution in [0.15, 0.2) is 18.2 Å². The number of carbonyl (C=O) groups is 1. The van der Waals surface area contributed by atoms with E-state index in [-0.39, 0.29) is 12.6 Å². The van der Waals surface area contributed by atoms with E-state index in [2.05, 4.69) is 30.7 Å². The van der Waals surface area contributed by atoms with Crippen LogP contribution in [0.2, 0.25) is 0 Å². The van der Waals surface area contributed by atoms with Crippen molar-refractivity contribution in [3.8, 4) is 11.5 Å². The molecule has 1 aliphatic heterocycles. The van der Waals surface area contributed by atoms with Gasteiger partial charge in [0.15, 0.2) is 0 Å². The van der Waals surface area contributed by atoms with Gasteiger partial charge in [-0.15, -0.1) is 0 Å². The van der Waals surface area contributed by atoms with Gasteiger partial charge in [0.2, 0.25) is 0 Å². The summed E-state index contributed by atoms with van der Waals surface area (Å²) in [6, 6.07) is 6.25. The zero-order valence-corrected chi connectivity index (χ0v) is 18.8. The molecule has 0 saturated heterocycles. The smallest absolute Gasteiger partial charge is 0.331 e. The predicted molar refractivity (Wildman–Crippen MR) is 116 cm³/mol. The second kappa shape index (κ2) is 14.3. The van der Waals surface area contributed by atoms with Crippen molar-refractivity contribution in [2.45, 2.75) is 58.3 Å². The number of hydrogen-bond acceptors (Lipinski definition) is 6. The summed E-state index contributed by atoms with van der Waals surface area (Å²) in [5.41, 5.74) is 1.30. The van der Waals surface area contributed by atoms with E-state index in [1.54, 1.807) is 0 Å². The first-order valence-corrected chi connectivity index (χ1v) is 11.3. The van der Waals surface area contributed by atoms with Crippen LogP contribution in [-0.4, -0.2) is 52.7 Å². The Kier molecular flexibility index (Phi) is 11.6. The number of methoxy groups -OCH3 is 1. The summed E-state index contributed by atoms with van der Waals surface area (Å²) in [5.74, 6) is 2.83. The van der Waals surface area contributed by atoms with E-state index in [0.717, 1.165) is 63.4 Å². The van der Waals surface area contributed by atoms with Gasteiger partial charge in [0.1, 0.15) is 18.1 Å². The molecule has 0 aliphatic carbocycles. The van der Waals surface area contributed by atoms with Crippen molar-refractivity contribution in [2.24, 2.45) is 5.92 Å². The highest BCUT2D eigenvalue weighted by molar-refractivity contribution is 5.70. The number of carbonyl (C=O) groups excluding carboxylic acids is 1. The lowest BCUT2D eigenvalue weighted by Gasteiger charge is -2.30. The molecule has 1 aromatic rings. The fourth-order valence-corrected chi connectivity index (χ4v) is 3.62. The molecular weight excluding hydrogens is 384 g/mol. The maximum atomic E-state index is 10.9. The average molecular weight is 423 g/mol. The van der Waals surface area contributed by atoms with E-state index < -0.39 is 0 Å². The second-order valence-electron chi connectivity index (χ2n) is 7.83. The molecule has 0 bridgehead atoms. The van der Waals surface area contributed by atoms with E-state index in [1.165, 1.54) is 19.1 Å². The Balaban J connectivity index is 1.54. The molecule has 30 heavy (non-hydrogen) atoms. The Bertz CT molecular complexity index is 618. The summed E-state index contributed by atoms with van der Waals surface area (Å²) in [5, 5.41) is 0. The molecule has 6 heteroatoms. The SMILES string of the molecule is CCC(C)C1CCOc2ccc(OCCCCCOCCCOCC(=O)OC)cc21. The first-order chi connectivity index (χ1) is 14.7. The van der Waals surface area contributed by atoms with Gasteiger partial charge < -0.3 is 23.7 Å². The minimum Gasteiger partial charge on any atom is -0.494 e. The van der Waals surface area contributed by atoms with Crippen molar-refractivity contribution < 1.29 is 28.5 Å². The molecule has 0 spiro atoms. The highest BCUT2D eigenvalue weighted by Gasteiger charge is 2.26. The minimum absolute atomic E-state index is 0.00598. The molecule has 0 fully saturated rings. The molecule has 2 unspecified atom stereocenters. The standard InChI is InChI=1S/C24H38O6/c1-4-19(2)21-11-16-30-23-10-9-20(17-22(21)23)29-15-7-5-6-12-27-13-8-14-28-18-24(25)26-3/h9-10,17,19,21H,4-8,11-16,18H2,1-3H3. The fourth-order valence-electron chi connectivity index (χ4n) is 3.62. The third-order valence-electron chi connectivity index (χ3n) is 5.62. The topological polar surface area (TPSA) is 63.2 Å². The van der Waals surface area contributed by atoms with Gasteiger partial charge in [0.25, 0.3) is 0 Å². The maximum Gasteiger partial charge on any atom is 0.331 e. The lowest BCUT2D eigenvalue weighted by Crippen LogP contribution is -2.19. The number of esters is 1. The van der Waals surface area contributed by atoms with Crippen LogP contribution in [0.5, 0.6) is 11.5 Å². The average Bonchev–Trinajstić information content (AvgIpc) is 2.78. The van der Waals surface area contributed by atoms with Crippen molar-refractivity contribution in [3.63, 3.8) is 0 Å². The molecule has 1 aromatic carbocycles. The number of rotatable bonds is 15. The van der Waals surface area contributed by atoms with Gasteiger partial charge in [-0.3, -0.25) is 0 Å². The van der Waals surface area contributed by atoms with Crippen molar-refractivity contribution in [1.82, 2.24) is 0 Å². The van der Waals surface area contributed by atoms with Crippen LogP contribution in [0.1, 0.15) is 63.9 Å². The van der Waals surface area contributed by atoms with Gasteiger partial charge in [-0.05, 0) is 62.1 Å². The summed E-state index contributed by atoms with van der Waals surface area (Å²) in [6.07, 6.45) is 6.14. The Labute approximate surface area is 181 Å². The van der Waals surface area contributed by atoms with E-state index in [9.17, 15) is 4.79 Å². The molecule has 170 valence electrons. The summed E-state index contributed by atoms with van der Waals surface area (Å²) in [7, 11) is 1.35. The maximum absolute atomic E-state index is 10.9. The molecule has 1 aliphatic rings. The first kappa shape index (κ1) is 24.5. The van der Waals surface area contributed by atoms with Crippen LogP contribution in [0.3, 0.4) is 0 Å². The van der Waals surface area contributed by atoms with Crippen LogP contribution in [0.25, 0.3) is 0 Å². The fraction of sp³-hybridized carbons (Fsp3) is 0.708. The molecule has 2 rings (SSSR count). The van der Waals surface area contributed by atoms with Crippen LogP contribution in [-0.2, 0) is 19.0 Å². The molecule has 0 saturated carbocycles. The van der Waals surface area contributed by atoms with Crippen molar-refractivity contribution in [3.05, 3.63) is 23.8 Å². The Morgan fingerprint density at radius 1 is 1.10 bits per heavy atom. The molecule has 0 radical (unpaired) electrons. The molecule has 2 atom stereocenters. The molecule has 1 heterocycles. The van der Waals surface area contributed by atoms with Crippen LogP contribution >= 0.6 is 0 Å². The molecule has 0 amide bonds. The normalized spacial score (nSPS) is 16.4. The molecule has 6 nitrogen and oxygen atoms in total. The van der Waals surface area contributed by atoms with E-state index in [0.29, 0.717) is 25.0 Å². The van der Waals surface area contributed by atoms with Gasteiger partial charge >= 0.3 is 5.97 Å². The van der Waals surface area contributed by atoms with E-state index in [1.807, 2.05) is 6.07 Å². The third-order valence-corrected chi connectivity index (χ3v) is 5.62. The van der Waals surface area contributed by atoms with Crippen molar-refractivity contribution >= 4 is 5.97 Å². The zero-order chi connectivity index (χ0) is 21.6. The van der Waals surface area contributed by atoms with E-state index in [4.69, 9.17) is 18.9 Å². The highest BCUT2D eigenvalue weighted by Crippen LogP contribution is 2.41. The second-order valence-corrected chi connectivity index (χ2v) is 7.83. The van der Waals surface area contributed by atoms with Crippen molar-refractivity contribution in [2.75, 3.05) is 46.8 Å².